The standard InChI is InChI=1S/C27H31FN2O4S/c1-33-22-12-11-18(15-23(22)34-2)13-14-29-26(31)16-25-27(32)30(17-19-7-3-4-8-20(19)28)21-9-5-6-10-24(21)35-25/h3-4,7-8,11-12,15-16,21,24H,5-6,9-10,13-14,17H2,1-2H3,(H,29,31)/b25-16-. The SMILES string of the molecule is COc1ccc(CCNC(=O)/C=C2\SC3CCCCC3N(Cc3ccccc3F)C2=O)cc1OC. The highest BCUT2D eigenvalue weighted by molar-refractivity contribution is 8.04. The molecule has 35 heavy (non-hydrogen) atoms. The lowest BCUT2D eigenvalue weighted by Crippen LogP contribution is -2.51. The average molecular weight is 499 g/mol. The number of ether oxygens (including phenoxy) is 2. The van der Waals surface area contributed by atoms with Gasteiger partial charge in [-0.05, 0) is 43.0 Å². The molecule has 1 aliphatic carbocycles. The van der Waals surface area contributed by atoms with Crippen molar-refractivity contribution in [2.45, 2.75) is 49.9 Å². The summed E-state index contributed by atoms with van der Waals surface area (Å²) >= 11 is 1.49. The minimum Gasteiger partial charge on any atom is -0.493 e. The number of methoxy groups -OCH3 is 2. The van der Waals surface area contributed by atoms with Gasteiger partial charge in [0, 0.05) is 36.0 Å². The molecular formula is C27H31FN2O4S. The molecule has 2 amide bonds. The lowest BCUT2D eigenvalue weighted by atomic mass is 9.92. The summed E-state index contributed by atoms with van der Waals surface area (Å²) in [5.41, 5.74) is 1.50. The number of amides is 2. The monoisotopic (exact) mass is 498 g/mol. The number of benzene rings is 2. The molecule has 2 atom stereocenters. The summed E-state index contributed by atoms with van der Waals surface area (Å²) in [6.45, 7) is 0.632. The molecule has 4 rings (SSSR count). The lowest BCUT2D eigenvalue weighted by Gasteiger charge is -2.44. The second-order valence-electron chi connectivity index (χ2n) is 8.77. The van der Waals surface area contributed by atoms with Crippen molar-refractivity contribution in [3.63, 3.8) is 0 Å². The van der Waals surface area contributed by atoms with Gasteiger partial charge in [-0.2, -0.15) is 0 Å². The van der Waals surface area contributed by atoms with E-state index in [0.29, 0.717) is 34.9 Å². The summed E-state index contributed by atoms with van der Waals surface area (Å²) < 4.78 is 24.9. The van der Waals surface area contributed by atoms with Crippen molar-refractivity contribution in [3.05, 3.63) is 70.4 Å². The zero-order valence-corrected chi connectivity index (χ0v) is 20.9. The second-order valence-corrected chi connectivity index (χ2v) is 10.1. The first-order valence-electron chi connectivity index (χ1n) is 11.9. The Morgan fingerprint density at radius 1 is 1.14 bits per heavy atom. The molecule has 2 aromatic carbocycles. The largest absolute Gasteiger partial charge is 0.493 e. The molecule has 0 aromatic heterocycles. The van der Waals surface area contributed by atoms with Crippen molar-refractivity contribution in [1.29, 1.82) is 0 Å². The molecule has 6 nitrogen and oxygen atoms in total. The molecule has 0 radical (unpaired) electrons. The smallest absolute Gasteiger partial charge is 0.261 e. The number of carbonyl (C=O) groups is 2. The van der Waals surface area contributed by atoms with E-state index in [2.05, 4.69) is 5.32 Å². The van der Waals surface area contributed by atoms with E-state index in [1.807, 2.05) is 18.2 Å². The topological polar surface area (TPSA) is 67.9 Å². The number of rotatable bonds is 8. The Bertz CT molecular complexity index is 1110. The summed E-state index contributed by atoms with van der Waals surface area (Å²) in [5.74, 6) is 0.473. The van der Waals surface area contributed by atoms with Crippen LogP contribution in [0.15, 0.2) is 53.4 Å². The van der Waals surface area contributed by atoms with Gasteiger partial charge in [-0.15, -0.1) is 11.8 Å². The van der Waals surface area contributed by atoms with Crippen LogP contribution in [0.3, 0.4) is 0 Å². The number of thioether (sulfide) groups is 1. The number of hydrogen-bond acceptors (Lipinski definition) is 5. The highest BCUT2D eigenvalue weighted by Gasteiger charge is 2.40. The van der Waals surface area contributed by atoms with Gasteiger partial charge in [-0.1, -0.05) is 37.1 Å². The Kier molecular flexibility index (Phi) is 8.33. The first-order chi connectivity index (χ1) is 17.0. The zero-order chi connectivity index (χ0) is 24.8. The van der Waals surface area contributed by atoms with Gasteiger partial charge >= 0.3 is 0 Å². The normalized spacial score (nSPS) is 20.9. The fraction of sp³-hybridized carbons (Fsp3) is 0.407. The van der Waals surface area contributed by atoms with Gasteiger partial charge in [0.15, 0.2) is 11.5 Å². The van der Waals surface area contributed by atoms with E-state index >= 15 is 0 Å². The molecule has 1 saturated carbocycles. The van der Waals surface area contributed by atoms with Gasteiger partial charge in [-0.3, -0.25) is 9.59 Å². The Balaban J connectivity index is 1.42. The van der Waals surface area contributed by atoms with E-state index in [4.69, 9.17) is 9.47 Å². The van der Waals surface area contributed by atoms with Crippen molar-refractivity contribution in [1.82, 2.24) is 10.2 Å². The Morgan fingerprint density at radius 3 is 2.69 bits per heavy atom. The van der Waals surface area contributed by atoms with Gasteiger partial charge in [0.05, 0.1) is 19.1 Å². The van der Waals surface area contributed by atoms with Gasteiger partial charge < -0.3 is 19.7 Å². The second kappa shape index (κ2) is 11.6. The third-order valence-electron chi connectivity index (χ3n) is 6.54. The fourth-order valence-corrected chi connectivity index (χ4v) is 6.15. The van der Waals surface area contributed by atoms with Crippen molar-refractivity contribution < 1.29 is 23.5 Å². The molecule has 2 aliphatic rings. The van der Waals surface area contributed by atoms with Crippen LogP contribution in [0.2, 0.25) is 0 Å². The zero-order valence-electron chi connectivity index (χ0n) is 20.1. The molecule has 2 aromatic rings. The first-order valence-corrected chi connectivity index (χ1v) is 12.8. The maximum atomic E-state index is 14.3. The fourth-order valence-electron chi connectivity index (χ4n) is 4.71. The predicted molar refractivity (Wildman–Crippen MR) is 135 cm³/mol. The molecule has 1 N–H and O–H groups in total. The van der Waals surface area contributed by atoms with E-state index in [1.165, 1.54) is 23.9 Å². The Labute approximate surface area is 209 Å². The minimum absolute atomic E-state index is 0.0612. The molecule has 0 spiro atoms. The number of hydrogen-bond donors (Lipinski definition) is 1. The van der Waals surface area contributed by atoms with Gasteiger partial charge in [0.25, 0.3) is 5.91 Å². The van der Waals surface area contributed by atoms with E-state index in [0.717, 1.165) is 31.2 Å². The third kappa shape index (κ3) is 5.99. The summed E-state index contributed by atoms with van der Waals surface area (Å²) in [6.07, 6.45) is 6.05. The summed E-state index contributed by atoms with van der Waals surface area (Å²) in [5, 5.41) is 3.10. The van der Waals surface area contributed by atoms with Crippen LogP contribution in [-0.4, -0.2) is 48.8 Å². The van der Waals surface area contributed by atoms with Crippen LogP contribution < -0.4 is 14.8 Å². The van der Waals surface area contributed by atoms with Crippen molar-refractivity contribution >= 4 is 23.6 Å². The summed E-state index contributed by atoms with van der Waals surface area (Å²) in [6, 6.07) is 12.3. The molecular weight excluding hydrogens is 467 g/mol. The molecule has 2 fully saturated rings. The summed E-state index contributed by atoms with van der Waals surface area (Å²) in [7, 11) is 3.17. The van der Waals surface area contributed by atoms with Crippen LogP contribution in [-0.2, 0) is 22.6 Å². The maximum absolute atomic E-state index is 14.3. The highest BCUT2D eigenvalue weighted by atomic mass is 32.2. The number of halogens is 1. The predicted octanol–water partition coefficient (Wildman–Crippen LogP) is 4.47. The summed E-state index contributed by atoms with van der Waals surface area (Å²) in [4.78, 5) is 28.2. The van der Waals surface area contributed by atoms with Crippen LogP contribution >= 0.6 is 11.8 Å². The Morgan fingerprint density at radius 2 is 1.91 bits per heavy atom. The first kappa shape index (κ1) is 25.1. The van der Waals surface area contributed by atoms with Crippen LogP contribution in [0.1, 0.15) is 36.8 Å². The van der Waals surface area contributed by atoms with Crippen molar-refractivity contribution in [2.75, 3.05) is 20.8 Å². The van der Waals surface area contributed by atoms with E-state index in [-0.39, 0.29) is 35.5 Å². The van der Waals surface area contributed by atoms with Crippen molar-refractivity contribution in [3.8, 4) is 11.5 Å². The van der Waals surface area contributed by atoms with Crippen LogP contribution in [0, 0.1) is 5.82 Å². The molecule has 0 bridgehead atoms. The molecule has 1 heterocycles. The number of carbonyl (C=O) groups excluding carboxylic acids is 2. The van der Waals surface area contributed by atoms with Gasteiger partial charge in [0.1, 0.15) is 5.82 Å². The highest BCUT2D eigenvalue weighted by Crippen LogP contribution is 2.42. The van der Waals surface area contributed by atoms with E-state index in [1.54, 1.807) is 37.3 Å². The number of nitrogens with zero attached hydrogens (tertiary/aromatic N) is 1. The van der Waals surface area contributed by atoms with Crippen molar-refractivity contribution in [2.24, 2.45) is 0 Å². The van der Waals surface area contributed by atoms with Gasteiger partial charge in [-0.25, -0.2) is 4.39 Å². The number of fused-ring (bicyclic) bond motifs is 1. The van der Waals surface area contributed by atoms with E-state index < -0.39 is 0 Å². The van der Waals surface area contributed by atoms with Crippen LogP contribution in [0.4, 0.5) is 4.39 Å². The molecule has 1 aliphatic heterocycles. The van der Waals surface area contributed by atoms with Crippen LogP contribution in [0.5, 0.6) is 11.5 Å². The van der Waals surface area contributed by atoms with E-state index in [9.17, 15) is 14.0 Å². The molecule has 186 valence electrons. The minimum atomic E-state index is -0.315. The molecule has 8 heteroatoms. The lowest BCUT2D eigenvalue weighted by molar-refractivity contribution is -0.130. The number of nitrogens with one attached hydrogen (secondary N) is 1. The average Bonchev–Trinajstić information content (AvgIpc) is 2.87. The maximum Gasteiger partial charge on any atom is 0.261 e. The Hall–Kier alpha value is -3.00. The molecule has 2 unspecified atom stereocenters. The molecule has 1 saturated heterocycles. The quantitative estimate of drug-likeness (QED) is 0.544. The third-order valence-corrected chi connectivity index (χ3v) is 7.94. The van der Waals surface area contributed by atoms with Crippen LogP contribution in [0.25, 0.3) is 0 Å². The van der Waals surface area contributed by atoms with Gasteiger partial charge in [0.2, 0.25) is 5.91 Å².